The Labute approximate surface area is 239 Å². The minimum absolute atomic E-state index is 0.0345. The van der Waals surface area contributed by atoms with Crippen LogP contribution in [0.25, 0.3) is 0 Å². The highest BCUT2D eigenvalue weighted by Crippen LogP contribution is 2.41. The molecule has 0 fully saturated rings. The SMILES string of the molecule is CN(C)C(=O)C(=O)NC(C)(C)C1CN(S(=O)(=O)c2ccc(F)cc2)c2cc(NC(=O)OC(C)(C)C(F)(F)F)ccc2O1. The second kappa shape index (κ2) is 11.3. The van der Waals surface area contributed by atoms with Gasteiger partial charge >= 0.3 is 24.1 Å². The van der Waals surface area contributed by atoms with Crippen molar-refractivity contribution in [2.75, 3.05) is 30.3 Å². The van der Waals surface area contributed by atoms with Gasteiger partial charge in [-0.05, 0) is 70.2 Å². The van der Waals surface area contributed by atoms with Gasteiger partial charge < -0.3 is 19.7 Å². The molecule has 0 aliphatic carbocycles. The van der Waals surface area contributed by atoms with Crippen molar-refractivity contribution in [2.24, 2.45) is 0 Å². The molecule has 1 aliphatic heterocycles. The van der Waals surface area contributed by atoms with E-state index in [4.69, 9.17) is 4.74 Å². The number of likely N-dealkylation sites (N-methyl/N-ethyl adjacent to an activating group) is 1. The maximum atomic E-state index is 13.7. The highest BCUT2D eigenvalue weighted by Gasteiger charge is 2.51. The summed E-state index contributed by atoms with van der Waals surface area (Å²) in [6.45, 7) is 3.93. The predicted molar refractivity (Wildman–Crippen MR) is 143 cm³/mol. The zero-order valence-electron chi connectivity index (χ0n) is 23.5. The van der Waals surface area contributed by atoms with Crippen LogP contribution < -0.4 is 19.7 Å². The molecule has 3 rings (SSSR count). The van der Waals surface area contributed by atoms with Gasteiger partial charge in [0.2, 0.25) is 5.60 Å². The lowest BCUT2D eigenvalue weighted by Crippen LogP contribution is -2.61. The van der Waals surface area contributed by atoms with Crippen LogP contribution in [0.15, 0.2) is 47.4 Å². The molecule has 3 amide bonds. The molecule has 2 aromatic carbocycles. The molecule has 0 saturated carbocycles. The Kier molecular flexibility index (Phi) is 8.73. The molecule has 1 unspecified atom stereocenters. The highest BCUT2D eigenvalue weighted by molar-refractivity contribution is 7.92. The molecular formula is C26H30F4N4O7S. The van der Waals surface area contributed by atoms with E-state index < -0.39 is 63.7 Å². The fourth-order valence-corrected chi connectivity index (χ4v) is 5.20. The Morgan fingerprint density at radius 3 is 2.17 bits per heavy atom. The van der Waals surface area contributed by atoms with Crippen LogP contribution in [0.3, 0.4) is 0 Å². The monoisotopic (exact) mass is 618 g/mol. The predicted octanol–water partition coefficient (Wildman–Crippen LogP) is 3.65. The van der Waals surface area contributed by atoms with Crippen LogP contribution >= 0.6 is 0 Å². The fraction of sp³-hybridized carbons (Fsp3) is 0.423. The Balaban J connectivity index is 2.02. The van der Waals surface area contributed by atoms with Crippen molar-refractivity contribution >= 4 is 39.3 Å². The first-order chi connectivity index (χ1) is 19.2. The van der Waals surface area contributed by atoms with E-state index in [-0.39, 0.29) is 22.0 Å². The van der Waals surface area contributed by atoms with Gasteiger partial charge in [-0.1, -0.05) is 0 Å². The first kappa shape index (κ1) is 32.4. The zero-order chi connectivity index (χ0) is 31.8. The summed E-state index contributed by atoms with van der Waals surface area (Å²) in [5, 5.41) is 4.68. The van der Waals surface area contributed by atoms with Crippen LogP contribution in [0.4, 0.5) is 33.7 Å². The van der Waals surface area contributed by atoms with E-state index in [1.807, 2.05) is 0 Å². The van der Waals surface area contributed by atoms with Gasteiger partial charge in [0.1, 0.15) is 17.7 Å². The summed E-state index contributed by atoms with van der Waals surface area (Å²) in [6.07, 6.45) is -7.38. The maximum Gasteiger partial charge on any atom is 0.427 e. The summed E-state index contributed by atoms with van der Waals surface area (Å²) >= 11 is 0. The molecule has 1 heterocycles. The number of benzene rings is 2. The van der Waals surface area contributed by atoms with E-state index in [1.165, 1.54) is 40.1 Å². The van der Waals surface area contributed by atoms with Gasteiger partial charge in [0.15, 0.2) is 0 Å². The Hall–Kier alpha value is -4.08. The second-order valence-electron chi connectivity index (χ2n) is 10.7. The molecule has 16 heteroatoms. The molecule has 0 bridgehead atoms. The number of nitrogens with zero attached hydrogens (tertiary/aromatic N) is 2. The quantitative estimate of drug-likeness (QED) is 0.373. The average Bonchev–Trinajstić information content (AvgIpc) is 2.86. The molecule has 11 nitrogen and oxygen atoms in total. The number of sulfonamides is 1. The number of amides is 3. The number of alkyl halides is 3. The molecule has 230 valence electrons. The molecule has 0 saturated heterocycles. The largest absolute Gasteiger partial charge is 0.484 e. The molecule has 1 atom stereocenters. The Morgan fingerprint density at radius 1 is 1.02 bits per heavy atom. The second-order valence-corrected chi connectivity index (χ2v) is 12.5. The van der Waals surface area contributed by atoms with Gasteiger partial charge in [-0.3, -0.25) is 19.2 Å². The van der Waals surface area contributed by atoms with Crippen molar-refractivity contribution in [2.45, 2.75) is 56.0 Å². The number of halogens is 4. The van der Waals surface area contributed by atoms with E-state index in [1.54, 1.807) is 0 Å². The summed E-state index contributed by atoms with van der Waals surface area (Å²) in [4.78, 5) is 37.6. The van der Waals surface area contributed by atoms with E-state index in [9.17, 15) is 40.4 Å². The zero-order valence-corrected chi connectivity index (χ0v) is 24.3. The smallest absolute Gasteiger partial charge is 0.427 e. The normalized spacial score (nSPS) is 15.7. The third-order valence-corrected chi connectivity index (χ3v) is 8.14. The summed E-state index contributed by atoms with van der Waals surface area (Å²) < 4.78 is 91.9. The molecule has 0 aromatic heterocycles. The lowest BCUT2D eigenvalue weighted by Gasteiger charge is -2.42. The molecule has 2 aromatic rings. The number of carbonyl (C=O) groups excluding carboxylic acids is 3. The number of fused-ring (bicyclic) bond motifs is 1. The average molecular weight is 619 g/mol. The minimum Gasteiger partial charge on any atom is -0.484 e. The van der Waals surface area contributed by atoms with Crippen LogP contribution in [-0.4, -0.2) is 75.3 Å². The number of hydrogen-bond donors (Lipinski definition) is 2. The summed E-state index contributed by atoms with van der Waals surface area (Å²) in [5.41, 5.74) is -4.37. The van der Waals surface area contributed by atoms with E-state index in [2.05, 4.69) is 15.4 Å². The first-order valence-electron chi connectivity index (χ1n) is 12.4. The lowest BCUT2D eigenvalue weighted by molar-refractivity contribution is -0.242. The number of hydrogen-bond acceptors (Lipinski definition) is 7. The van der Waals surface area contributed by atoms with E-state index in [0.717, 1.165) is 39.5 Å². The maximum absolute atomic E-state index is 13.7. The van der Waals surface area contributed by atoms with Gasteiger partial charge in [-0.15, -0.1) is 0 Å². The van der Waals surface area contributed by atoms with Crippen molar-refractivity contribution in [1.82, 2.24) is 10.2 Å². The topological polar surface area (TPSA) is 134 Å². The highest BCUT2D eigenvalue weighted by atomic mass is 32.2. The molecule has 42 heavy (non-hydrogen) atoms. The lowest BCUT2D eigenvalue weighted by atomic mass is 9.95. The number of anilines is 2. The molecule has 0 radical (unpaired) electrons. The molecule has 0 spiro atoms. The van der Waals surface area contributed by atoms with Crippen molar-refractivity contribution < 1.29 is 49.8 Å². The van der Waals surface area contributed by atoms with E-state index >= 15 is 0 Å². The van der Waals surface area contributed by atoms with Gasteiger partial charge in [0.25, 0.3) is 10.0 Å². The number of nitrogens with one attached hydrogen (secondary N) is 2. The summed E-state index contributed by atoms with van der Waals surface area (Å²) in [7, 11) is -1.67. The van der Waals surface area contributed by atoms with Crippen LogP contribution in [-0.2, 0) is 24.3 Å². The van der Waals surface area contributed by atoms with E-state index in [0.29, 0.717) is 13.8 Å². The summed E-state index contributed by atoms with van der Waals surface area (Å²) in [6, 6.07) is 7.62. The molecular weight excluding hydrogens is 588 g/mol. The Bertz CT molecular complexity index is 1480. The number of rotatable bonds is 6. The van der Waals surface area contributed by atoms with Crippen molar-refractivity contribution in [1.29, 1.82) is 0 Å². The summed E-state index contributed by atoms with van der Waals surface area (Å²) in [5.74, 6) is -2.54. The Morgan fingerprint density at radius 2 is 1.62 bits per heavy atom. The number of ether oxygens (including phenoxy) is 2. The van der Waals surface area contributed by atoms with Crippen molar-refractivity contribution in [3.8, 4) is 5.75 Å². The minimum atomic E-state index is -4.86. The number of carbonyl (C=O) groups is 3. The standard InChI is InChI=1S/C26H30F4N4O7S/c1-24(2,32-21(35)22(36)33(5)6)20-14-34(42(38,39)17-10-7-15(27)8-11-17)18-13-16(9-12-19(18)40-20)31-23(37)41-25(3,4)26(28,29)30/h7-13,20H,14H2,1-6H3,(H,31,37)(H,32,35). The van der Waals surface area contributed by atoms with Crippen molar-refractivity contribution in [3.05, 3.63) is 48.3 Å². The van der Waals surface area contributed by atoms with Crippen LogP contribution in [0.5, 0.6) is 5.75 Å². The van der Waals surface area contributed by atoms with Gasteiger partial charge in [0.05, 0.1) is 22.7 Å². The van der Waals surface area contributed by atoms with Crippen LogP contribution in [0.2, 0.25) is 0 Å². The van der Waals surface area contributed by atoms with Crippen LogP contribution in [0.1, 0.15) is 27.7 Å². The van der Waals surface area contributed by atoms with Crippen molar-refractivity contribution in [3.63, 3.8) is 0 Å². The third kappa shape index (κ3) is 6.86. The molecule has 1 aliphatic rings. The fourth-order valence-electron chi connectivity index (χ4n) is 3.73. The van der Waals surface area contributed by atoms with Crippen LogP contribution in [0, 0.1) is 5.82 Å². The van der Waals surface area contributed by atoms with Gasteiger partial charge in [-0.25, -0.2) is 17.6 Å². The first-order valence-corrected chi connectivity index (χ1v) is 13.8. The third-order valence-electron chi connectivity index (χ3n) is 6.35. The van der Waals surface area contributed by atoms with Gasteiger partial charge in [0, 0.05) is 19.8 Å². The molecule has 2 N–H and O–H groups in total. The van der Waals surface area contributed by atoms with Gasteiger partial charge in [-0.2, -0.15) is 13.2 Å².